The fourth-order valence-electron chi connectivity index (χ4n) is 4.06. The highest BCUT2D eigenvalue weighted by atomic mass is 32.2. The molecule has 1 amide bonds. The van der Waals surface area contributed by atoms with Crippen LogP contribution in [0.2, 0.25) is 0 Å². The summed E-state index contributed by atoms with van der Waals surface area (Å²) in [6.45, 7) is 3.77. The first-order chi connectivity index (χ1) is 19.7. The number of methoxy groups -OCH3 is 1. The molecule has 0 aliphatic rings. The zero-order chi connectivity index (χ0) is 29.1. The number of nitrogens with zero attached hydrogens (tertiary/aromatic N) is 1. The van der Waals surface area contributed by atoms with E-state index in [-0.39, 0.29) is 11.5 Å². The Morgan fingerprint density at radius 3 is 2.32 bits per heavy atom. The number of hydrogen-bond acceptors (Lipinski definition) is 9. The van der Waals surface area contributed by atoms with E-state index in [9.17, 15) is 18.0 Å². The maximum Gasteiger partial charge on any atom is 0.348 e. The molecular formula is C29H25N3O6S3. The molecule has 0 aliphatic carbocycles. The summed E-state index contributed by atoms with van der Waals surface area (Å²) in [6, 6.07) is 19.8. The number of ether oxygens (including phenoxy) is 2. The van der Waals surface area contributed by atoms with E-state index in [1.54, 1.807) is 19.1 Å². The van der Waals surface area contributed by atoms with Gasteiger partial charge in [-0.15, -0.1) is 22.7 Å². The van der Waals surface area contributed by atoms with Crippen molar-refractivity contribution in [2.24, 2.45) is 0 Å². The molecule has 3 aromatic carbocycles. The van der Waals surface area contributed by atoms with Gasteiger partial charge in [0.2, 0.25) is 0 Å². The van der Waals surface area contributed by atoms with Gasteiger partial charge >= 0.3 is 5.97 Å². The highest BCUT2D eigenvalue weighted by Crippen LogP contribution is 2.43. The van der Waals surface area contributed by atoms with Gasteiger partial charge in [-0.3, -0.25) is 9.52 Å². The van der Waals surface area contributed by atoms with Gasteiger partial charge < -0.3 is 14.8 Å². The third-order valence-corrected chi connectivity index (χ3v) is 9.75. The van der Waals surface area contributed by atoms with Crippen LogP contribution < -0.4 is 14.8 Å². The lowest BCUT2D eigenvalue weighted by Crippen LogP contribution is -2.14. The predicted molar refractivity (Wildman–Crippen MR) is 162 cm³/mol. The Morgan fingerprint density at radius 2 is 1.66 bits per heavy atom. The largest absolute Gasteiger partial charge is 0.497 e. The third kappa shape index (κ3) is 5.94. The van der Waals surface area contributed by atoms with Crippen molar-refractivity contribution in [1.29, 1.82) is 0 Å². The number of aromatic nitrogens is 1. The van der Waals surface area contributed by atoms with Gasteiger partial charge in [-0.1, -0.05) is 12.1 Å². The van der Waals surface area contributed by atoms with E-state index in [2.05, 4.69) is 10.0 Å². The van der Waals surface area contributed by atoms with Crippen LogP contribution in [0.4, 0.5) is 10.7 Å². The first kappa shape index (κ1) is 28.3. The van der Waals surface area contributed by atoms with Crippen LogP contribution in [0.1, 0.15) is 32.5 Å². The van der Waals surface area contributed by atoms with E-state index >= 15 is 0 Å². The molecule has 5 aromatic rings. The number of fused-ring (bicyclic) bond motifs is 1. The minimum absolute atomic E-state index is 0.0768. The SMILES string of the molecule is CCOC(=O)c1sc(NC(=O)c2ccc(NS(=O)(=O)c3ccc(OC)cc3)cc2)c(-c2nc3ccccc3s2)c1C. The van der Waals surface area contributed by atoms with Gasteiger partial charge in [0.1, 0.15) is 20.6 Å². The maximum atomic E-state index is 13.3. The van der Waals surface area contributed by atoms with Gasteiger partial charge in [-0.05, 0) is 80.1 Å². The Balaban J connectivity index is 1.40. The summed E-state index contributed by atoms with van der Waals surface area (Å²) in [5.74, 6) is -0.346. The first-order valence-corrected chi connectivity index (χ1v) is 15.6. The van der Waals surface area contributed by atoms with E-state index in [1.807, 2.05) is 31.2 Å². The number of rotatable bonds is 9. The predicted octanol–water partition coefficient (Wildman–Crippen LogP) is 6.57. The van der Waals surface area contributed by atoms with Crippen LogP contribution in [0.5, 0.6) is 5.75 Å². The minimum Gasteiger partial charge on any atom is -0.497 e. The van der Waals surface area contributed by atoms with Gasteiger partial charge in [0.25, 0.3) is 15.9 Å². The second-order valence-electron chi connectivity index (χ2n) is 8.78. The maximum absolute atomic E-state index is 13.3. The molecule has 41 heavy (non-hydrogen) atoms. The molecule has 12 heteroatoms. The van der Waals surface area contributed by atoms with Crippen molar-refractivity contribution in [1.82, 2.24) is 4.98 Å². The lowest BCUT2D eigenvalue weighted by Gasteiger charge is -2.10. The van der Waals surface area contributed by atoms with Crippen molar-refractivity contribution in [3.05, 3.63) is 88.8 Å². The number of nitrogens with one attached hydrogen (secondary N) is 2. The highest BCUT2D eigenvalue weighted by molar-refractivity contribution is 7.92. The number of hydrogen-bond donors (Lipinski definition) is 2. The van der Waals surface area contributed by atoms with Crippen molar-refractivity contribution in [3.8, 4) is 16.3 Å². The molecule has 5 rings (SSSR count). The number of benzene rings is 3. The molecule has 0 unspecified atom stereocenters. The summed E-state index contributed by atoms with van der Waals surface area (Å²) in [5, 5.41) is 4.07. The van der Waals surface area contributed by atoms with Gasteiger partial charge in [-0.25, -0.2) is 18.2 Å². The van der Waals surface area contributed by atoms with Gasteiger partial charge in [0.05, 0.1) is 28.8 Å². The number of thiophene rings is 1. The summed E-state index contributed by atoms with van der Waals surface area (Å²) < 4.78 is 39.3. The standard InChI is InChI=1S/C29H25N3O6S3/c1-4-38-29(34)25-17(2)24(27-30-22-7-5-6-8-23(22)39-27)28(40-25)31-26(33)18-9-11-19(12-10-18)32-41(35,36)21-15-13-20(37-3)14-16-21/h5-16,32H,4H2,1-3H3,(H,31,33). The fraction of sp³-hybridized carbons (Fsp3) is 0.138. The average Bonchev–Trinajstić information content (AvgIpc) is 3.53. The molecule has 9 nitrogen and oxygen atoms in total. The molecule has 0 spiro atoms. The van der Waals surface area contributed by atoms with Crippen LogP contribution in [0.3, 0.4) is 0 Å². The smallest absolute Gasteiger partial charge is 0.348 e. The van der Waals surface area contributed by atoms with Crippen LogP contribution in [-0.4, -0.2) is 39.0 Å². The number of amides is 1. The zero-order valence-corrected chi connectivity index (χ0v) is 24.7. The first-order valence-electron chi connectivity index (χ1n) is 12.4. The molecule has 0 fully saturated rings. The Kier molecular flexibility index (Phi) is 8.06. The van der Waals surface area contributed by atoms with Crippen molar-refractivity contribution in [2.45, 2.75) is 18.7 Å². The molecule has 2 N–H and O–H groups in total. The summed E-state index contributed by atoms with van der Waals surface area (Å²) in [7, 11) is -2.34. The monoisotopic (exact) mass is 607 g/mol. The van der Waals surface area contributed by atoms with E-state index in [1.165, 1.54) is 54.8 Å². The summed E-state index contributed by atoms with van der Waals surface area (Å²) in [6.07, 6.45) is 0. The highest BCUT2D eigenvalue weighted by Gasteiger charge is 2.26. The number of carbonyl (C=O) groups is 2. The summed E-state index contributed by atoms with van der Waals surface area (Å²) >= 11 is 2.60. The van der Waals surface area contributed by atoms with Crippen LogP contribution >= 0.6 is 22.7 Å². The summed E-state index contributed by atoms with van der Waals surface area (Å²) in [4.78, 5) is 31.1. The minimum atomic E-state index is -3.84. The molecule has 0 saturated heterocycles. The number of para-hydroxylation sites is 1. The van der Waals surface area contributed by atoms with E-state index < -0.39 is 21.9 Å². The van der Waals surface area contributed by atoms with E-state index in [0.717, 1.165) is 21.6 Å². The second kappa shape index (κ2) is 11.7. The van der Waals surface area contributed by atoms with Crippen molar-refractivity contribution < 1.29 is 27.5 Å². The van der Waals surface area contributed by atoms with Crippen molar-refractivity contribution >= 4 is 65.5 Å². The van der Waals surface area contributed by atoms with Gasteiger partial charge in [-0.2, -0.15) is 0 Å². The molecule has 0 atom stereocenters. The number of thiazole rings is 1. The van der Waals surface area contributed by atoms with E-state index in [0.29, 0.717) is 43.0 Å². The number of sulfonamides is 1. The Hall–Kier alpha value is -4.26. The third-order valence-electron chi connectivity index (χ3n) is 6.11. The molecule has 2 aromatic heterocycles. The van der Waals surface area contributed by atoms with Crippen LogP contribution in [0, 0.1) is 6.92 Å². The Morgan fingerprint density at radius 1 is 0.951 bits per heavy atom. The van der Waals surface area contributed by atoms with Gasteiger partial charge in [0.15, 0.2) is 0 Å². The van der Waals surface area contributed by atoms with Crippen molar-refractivity contribution in [2.75, 3.05) is 23.8 Å². The molecule has 0 bridgehead atoms. The molecule has 0 radical (unpaired) electrons. The lowest BCUT2D eigenvalue weighted by molar-refractivity contribution is 0.0531. The van der Waals surface area contributed by atoms with E-state index in [4.69, 9.17) is 14.5 Å². The van der Waals surface area contributed by atoms with Crippen molar-refractivity contribution in [3.63, 3.8) is 0 Å². The molecule has 2 heterocycles. The summed E-state index contributed by atoms with van der Waals surface area (Å²) in [5.41, 5.74) is 2.75. The normalized spacial score (nSPS) is 11.3. The van der Waals surface area contributed by atoms with Crippen LogP contribution in [0.25, 0.3) is 20.8 Å². The number of carbonyl (C=O) groups excluding carboxylic acids is 2. The molecular weight excluding hydrogens is 583 g/mol. The Bertz CT molecular complexity index is 1810. The lowest BCUT2D eigenvalue weighted by atomic mass is 10.1. The second-order valence-corrected chi connectivity index (χ2v) is 12.5. The Labute approximate surface area is 244 Å². The molecule has 0 aliphatic heterocycles. The van der Waals surface area contributed by atoms with Crippen LogP contribution in [-0.2, 0) is 14.8 Å². The molecule has 0 saturated carbocycles. The van der Waals surface area contributed by atoms with Gasteiger partial charge in [0, 0.05) is 16.8 Å². The fourth-order valence-corrected chi connectivity index (χ4v) is 7.36. The molecule has 210 valence electrons. The van der Waals surface area contributed by atoms with Crippen LogP contribution in [0.15, 0.2) is 77.7 Å². The number of anilines is 2. The topological polar surface area (TPSA) is 124 Å². The zero-order valence-electron chi connectivity index (χ0n) is 22.3. The quantitative estimate of drug-likeness (QED) is 0.182. The average molecular weight is 608 g/mol. The number of esters is 1.